The van der Waals surface area contributed by atoms with E-state index in [2.05, 4.69) is 0 Å². The van der Waals surface area contributed by atoms with Gasteiger partial charge in [0.15, 0.2) is 0 Å². The molecule has 2 aromatic carbocycles. The average Bonchev–Trinajstić information content (AvgIpc) is 3.29. The van der Waals surface area contributed by atoms with Crippen LogP contribution >= 0.6 is 23.4 Å². The Labute approximate surface area is 180 Å². The van der Waals surface area contributed by atoms with Crippen molar-refractivity contribution in [2.75, 3.05) is 0 Å². The zero-order valence-corrected chi connectivity index (χ0v) is 16.9. The molecule has 0 atom stereocenters. The third kappa shape index (κ3) is 4.14. The topological polar surface area (TPSA) is 93.7 Å². The Morgan fingerprint density at radius 2 is 1.90 bits per heavy atom. The fourth-order valence-corrected chi connectivity index (χ4v) is 3.95. The zero-order chi connectivity index (χ0) is 21.3. The lowest BCUT2D eigenvalue weighted by molar-refractivity contribution is -0.384. The minimum atomic E-state index is -0.522. The molecular weight excluding hydrogens is 428 g/mol. The number of amides is 2. The SMILES string of the molecule is O=C1SC(=Cc2ccc(-c3cccc(Cl)c3)o2)C(=O)N1Cc1cccc([N+](=O)[O-])c1. The van der Waals surface area contributed by atoms with Crippen LogP contribution in [0.3, 0.4) is 0 Å². The number of benzene rings is 2. The second kappa shape index (κ2) is 8.17. The number of thioether (sulfide) groups is 1. The summed E-state index contributed by atoms with van der Waals surface area (Å²) in [6.45, 7) is -0.0460. The molecule has 2 amide bonds. The molecule has 1 aliphatic heterocycles. The number of imide groups is 1. The van der Waals surface area contributed by atoms with Gasteiger partial charge in [-0.05, 0) is 41.6 Å². The minimum Gasteiger partial charge on any atom is -0.457 e. The van der Waals surface area contributed by atoms with Gasteiger partial charge in [-0.15, -0.1) is 0 Å². The first kappa shape index (κ1) is 19.9. The van der Waals surface area contributed by atoms with Crippen LogP contribution < -0.4 is 0 Å². The Hall–Kier alpha value is -3.36. The first-order chi connectivity index (χ1) is 14.4. The predicted molar refractivity (Wildman–Crippen MR) is 114 cm³/mol. The van der Waals surface area contributed by atoms with Crippen molar-refractivity contribution in [3.05, 3.63) is 92.0 Å². The number of rotatable bonds is 5. The second-order valence-corrected chi connectivity index (χ2v) is 7.84. The van der Waals surface area contributed by atoms with E-state index in [0.717, 1.165) is 22.2 Å². The van der Waals surface area contributed by atoms with Crippen LogP contribution in [0, 0.1) is 10.1 Å². The molecule has 30 heavy (non-hydrogen) atoms. The average molecular weight is 441 g/mol. The van der Waals surface area contributed by atoms with Crippen molar-refractivity contribution in [3.8, 4) is 11.3 Å². The van der Waals surface area contributed by atoms with Crippen LogP contribution in [0.5, 0.6) is 0 Å². The Morgan fingerprint density at radius 1 is 1.10 bits per heavy atom. The summed E-state index contributed by atoms with van der Waals surface area (Å²) < 4.78 is 5.76. The van der Waals surface area contributed by atoms with Crippen molar-refractivity contribution in [1.29, 1.82) is 0 Å². The highest BCUT2D eigenvalue weighted by molar-refractivity contribution is 8.18. The van der Waals surface area contributed by atoms with E-state index >= 15 is 0 Å². The molecular formula is C21H13ClN2O5S. The molecule has 9 heteroatoms. The normalized spacial score (nSPS) is 15.2. The monoisotopic (exact) mass is 440 g/mol. The number of carbonyl (C=O) groups is 2. The van der Waals surface area contributed by atoms with Gasteiger partial charge in [-0.1, -0.05) is 35.9 Å². The second-order valence-electron chi connectivity index (χ2n) is 6.41. The van der Waals surface area contributed by atoms with E-state index in [4.69, 9.17) is 16.0 Å². The number of hydrogen-bond donors (Lipinski definition) is 0. The van der Waals surface area contributed by atoms with E-state index in [1.807, 2.05) is 6.07 Å². The molecule has 3 aromatic rings. The summed E-state index contributed by atoms with van der Waals surface area (Å²) in [4.78, 5) is 36.7. The van der Waals surface area contributed by atoms with E-state index in [1.165, 1.54) is 24.3 Å². The van der Waals surface area contributed by atoms with Gasteiger partial charge in [-0.25, -0.2) is 0 Å². The number of nitro benzene ring substituents is 1. The first-order valence-corrected chi connectivity index (χ1v) is 9.94. The maximum Gasteiger partial charge on any atom is 0.293 e. The van der Waals surface area contributed by atoms with Crippen LogP contribution in [0.1, 0.15) is 11.3 Å². The summed E-state index contributed by atoms with van der Waals surface area (Å²) >= 11 is 6.80. The lowest BCUT2D eigenvalue weighted by atomic mass is 10.2. The molecule has 0 aliphatic carbocycles. The predicted octanol–water partition coefficient (Wildman–Crippen LogP) is 5.74. The first-order valence-electron chi connectivity index (χ1n) is 8.75. The standard InChI is InChI=1S/C21H13ClN2O5S/c22-15-5-2-4-14(10-15)18-8-7-17(29-18)11-19-20(25)23(21(26)30-19)12-13-3-1-6-16(9-13)24(27)28/h1-11H,12H2. The van der Waals surface area contributed by atoms with Gasteiger partial charge in [0.2, 0.25) is 0 Å². The minimum absolute atomic E-state index is 0.0460. The quantitative estimate of drug-likeness (QED) is 0.285. The van der Waals surface area contributed by atoms with Crippen molar-refractivity contribution in [1.82, 2.24) is 4.90 Å². The summed E-state index contributed by atoms with van der Waals surface area (Å²) in [6, 6.07) is 16.5. The van der Waals surface area contributed by atoms with Crippen molar-refractivity contribution >= 4 is 46.3 Å². The highest BCUT2D eigenvalue weighted by Crippen LogP contribution is 2.34. The fourth-order valence-electron chi connectivity index (χ4n) is 2.94. The van der Waals surface area contributed by atoms with E-state index < -0.39 is 16.1 Å². The Bertz CT molecular complexity index is 1200. The van der Waals surface area contributed by atoms with Gasteiger partial charge in [-0.3, -0.25) is 24.6 Å². The van der Waals surface area contributed by atoms with Gasteiger partial charge >= 0.3 is 0 Å². The highest BCUT2D eigenvalue weighted by atomic mass is 35.5. The molecule has 1 aromatic heterocycles. The number of nitrogens with zero attached hydrogens (tertiary/aromatic N) is 2. The molecule has 0 bridgehead atoms. The van der Waals surface area contributed by atoms with E-state index in [9.17, 15) is 19.7 Å². The molecule has 0 N–H and O–H groups in total. The molecule has 1 fully saturated rings. The molecule has 2 heterocycles. The number of furan rings is 1. The third-order valence-electron chi connectivity index (χ3n) is 4.34. The summed E-state index contributed by atoms with van der Waals surface area (Å²) in [6.07, 6.45) is 1.51. The van der Waals surface area contributed by atoms with Gasteiger partial charge < -0.3 is 4.42 Å². The van der Waals surface area contributed by atoms with Crippen molar-refractivity contribution < 1.29 is 18.9 Å². The van der Waals surface area contributed by atoms with Gasteiger partial charge in [0.05, 0.1) is 16.4 Å². The molecule has 1 aliphatic rings. The van der Waals surface area contributed by atoms with Crippen molar-refractivity contribution in [2.24, 2.45) is 0 Å². The van der Waals surface area contributed by atoms with Gasteiger partial charge in [0.1, 0.15) is 11.5 Å². The van der Waals surface area contributed by atoms with E-state index in [1.54, 1.807) is 36.4 Å². The lowest BCUT2D eigenvalue weighted by Crippen LogP contribution is -2.27. The molecule has 7 nitrogen and oxygen atoms in total. The van der Waals surface area contributed by atoms with Crippen molar-refractivity contribution in [2.45, 2.75) is 6.54 Å². The van der Waals surface area contributed by atoms with Gasteiger partial charge in [0.25, 0.3) is 16.8 Å². The lowest BCUT2D eigenvalue weighted by Gasteiger charge is -2.12. The zero-order valence-electron chi connectivity index (χ0n) is 15.3. The van der Waals surface area contributed by atoms with Gasteiger partial charge in [0, 0.05) is 28.8 Å². The summed E-state index contributed by atoms with van der Waals surface area (Å²) in [5.74, 6) is 0.530. The van der Waals surface area contributed by atoms with Crippen molar-refractivity contribution in [3.63, 3.8) is 0 Å². The van der Waals surface area contributed by atoms with E-state index in [-0.39, 0.29) is 17.1 Å². The molecule has 0 radical (unpaired) electrons. The maximum atomic E-state index is 12.7. The van der Waals surface area contributed by atoms with Crippen LogP contribution in [0.4, 0.5) is 10.5 Å². The molecule has 1 saturated heterocycles. The highest BCUT2D eigenvalue weighted by Gasteiger charge is 2.35. The van der Waals surface area contributed by atoms with Crippen LogP contribution in [0.2, 0.25) is 5.02 Å². The van der Waals surface area contributed by atoms with Crippen LogP contribution in [0.25, 0.3) is 17.4 Å². The third-order valence-corrected chi connectivity index (χ3v) is 5.49. The molecule has 0 saturated carbocycles. The Balaban J connectivity index is 1.53. The van der Waals surface area contributed by atoms with E-state index in [0.29, 0.717) is 22.1 Å². The molecule has 0 spiro atoms. The number of nitro groups is 1. The molecule has 150 valence electrons. The largest absolute Gasteiger partial charge is 0.457 e. The summed E-state index contributed by atoms with van der Waals surface area (Å²) in [5, 5.41) is 11.1. The summed E-state index contributed by atoms with van der Waals surface area (Å²) in [5.41, 5.74) is 1.19. The number of non-ortho nitro benzene ring substituents is 1. The Kier molecular flexibility index (Phi) is 5.43. The van der Waals surface area contributed by atoms with Crippen LogP contribution in [0.15, 0.2) is 70.0 Å². The Morgan fingerprint density at radius 3 is 2.67 bits per heavy atom. The summed E-state index contributed by atoms with van der Waals surface area (Å²) in [7, 11) is 0. The fraction of sp³-hybridized carbons (Fsp3) is 0.0476. The van der Waals surface area contributed by atoms with Crippen LogP contribution in [-0.2, 0) is 11.3 Å². The molecule has 0 unspecified atom stereocenters. The molecule has 4 rings (SSSR count). The van der Waals surface area contributed by atoms with Gasteiger partial charge in [-0.2, -0.15) is 0 Å². The number of halogens is 1. The maximum absolute atomic E-state index is 12.7. The number of hydrogen-bond acceptors (Lipinski definition) is 6. The number of carbonyl (C=O) groups excluding carboxylic acids is 2. The smallest absolute Gasteiger partial charge is 0.293 e. The van der Waals surface area contributed by atoms with Crippen LogP contribution in [-0.4, -0.2) is 21.0 Å².